The van der Waals surface area contributed by atoms with Crippen LogP contribution in [0.15, 0.2) is 64.7 Å². The molecular formula is C21H21N3O5S. The summed E-state index contributed by atoms with van der Waals surface area (Å²) in [5, 5.41) is 2.98. The first-order valence-corrected chi connectivity index (χ1v) is 9.91. The minimum atomic E-state index is -0.328. The Hall–Kier alpha value is -3.46. The number of anilines is 1. The highest BCUT2D eigenvalue weighted by Crippen LogP contribution is 2.29. The molecule has 156 valence electrons. The normalized spacial score (nSPS) is 10.4. The number of aromatic nitrogens is 2. The van der Waals surface area contributed by atoms with Crippen molar-refractivity contribution in [1.82, 2.24) is 9.55 Å². The van der Waals surface area contributed by atoms with Gasteiger partial charge in [0.2, 0.25) is 5.91 Å². The van der Waals surface area contributed by atoms with Crippen molar-refractivity contribution in [2.75, 3.05) is 32.4 Å². The third-order valence-corrected chi connectivity index (χ3v) is 5.12. The van der Waals surface area contributed by atoms with E-state index in [4.69, 9.17) is 14.2 Å². The molecule has 0 aliphatic heterocycles. The zero-order chi connectivity index (χ0) is 21.5. The molecule has 1 N–H and O–H groups in total. The van der Waals surface area contributed by atoms with Crippen molar-refractivity contribution < 1.29 is 19.0 Å². The van der Waals surface area contributed by atoms with Gasteiger partial charge in [-0.2, -0.15) is 0 Å². The van der Waals surface area contributed by atoms with E-state index >= 15 is 0 Å². The number of methoxy groups -OCH3 is 3. The van der Waals surface area contributed by atoms with Crippen molar-refractivity contribution in [2.45, 2.75) is 5.03 Å². The second-order valence-corrected chi connectivity index (χ2v) is 6.95. The summed E-state index contributed by atoms with van der Waals surface area (Å²) in [4.78, 5) is 29.3. The standard InChI is InChI=1S/C21H21N3O5S/c1-27-16-7-5-4-6-15(16)24-11-10-22-20(21(24)26)30-13-19(25)23-14-8-9-17(28-2)18(12-14)29-3/h4-12H,13H2,1-3H3,(H,23,25). The number of hydrogen-bond acceptors (Lipinski definition) is 7. The van der Waals surface area contributed by atoms with Crippen molar-refractivity contribution in [3.63, 3.8) is 0 Å². The average molecular weight is 427 g/mol. The molecule has 1 heterocycles. The monoisotopic (exact) mass is 427 g/mol. The summed E-state index contributed by atoms with van der Waals surface area (Å²) in [6, 6.07) is 12.3. The van der Waals surface area contributed by atoms with Crippen LogP contribution in [0.1, 0.15) is 0 Å². The maximum absolute atomic E-state index is 12.8. The average Bonchev–Trinajstić information content (AvgIpc) is 2.78. The van der Waals surface area contributed by atoms with Crippen molar-refractivity contribution >= 4 is 23.4 Å². The zero-order valence-electron chi connectivity index (χ0n) is 16.7. The molecule has 8 nitrogen and oxygen atoms in total. The van der Waals surface area contributed by atoms with E-state index in [1.807, 2.05) is 12.1 Å². The molecule has 0 fully saturated rings. The maximum Gasteiger partial charge on any atom is 0.287 e. The van der Waals surface area contributed by atoms with Crippen molar-refractivity contribution in [3.8, 4) is 22.9 Å². The van der Waals surface area contributed by atoms with E-state index in [0.29, 0.717) is 28.6 Å². The molecule has 2 aromatic carbocycles. The van der Waals surface area contributed by atoms with Crippen LogP contribution in [0.3, 0.4) is 0 Å². The second kappa shape index (κ2) is 9.84. The van der Waals surface area contributed by atoms with E-state index in [1.165, 1.54) is 25.0 Å². The lowest BCUT2D eigenvalue weighted by Crippen LogP contribution is -2.22. The summed E-state index contributed by atoms with van der Waals surface area (Å²) in [6.45, 7) is 0. The van der Waals surface area contributed by atoms with E-state index in [9.17, 15) is 9.59 Å². The Balaban J connectivity index is 1.72. The molecule has 0 unspecified atom stereocenters. The first-order valence-electron chi connectivity index (χ1n) is 8.93. The van der Waals surface area contributed by atoms with Gasteiger partial charge >= 0.3 is 0 Å². The highest BCUT2D eigenvalue weighted by molar-refractivity contribution is 7.99. The van der Waals surface area contributed by atoms with E-state index in [0.717, 1.165) is 11.8 Å². The topological polar surface area (TPSA) is 91.7 Å². The molecule has 0 bridgehead atoms. The number of benzene rings is 2. The summed E-state index contributed by atoms with van der Waals surface area (Å²) in [5.41, 5.74) is 0.834. The van der Waals surface area contributed by atoms with Crippen molar-refractivity contribution in [3.05, 3.63) is 65.2 Å². The number of nitrogens with one attached hydrogen (secondary N) is 1. The highest BCUT2D eigenvalue weighted by atomic mass is 32.2. The molecule has 0 saturated carbocycles. The molecule has 3 rings (SSSR count). The molecule has 0 atom stereocenters. The minimum Gasteiger partial charge on any atom is -0.495 e. The van der Waals surface area contributed by atoms with Gasteiger partial charge in [0.15, 0.2) is 16.5 Å². The molecule has 3 aromatic rings. The molecular weight excluding hydrogens is 406 g/mol. The van der Waals surface area contributed by atoms with Gasteiger partial charge in [0.25, 0.3) is 5.56 Å². The number of thioether (sulfide) groups is 1. The molecule has 0 aliphatic rings. The van der Waals surface area contributed by atoms with Crippen LogP contribution in [0.25, 0.3) is 5.69 Å². The lowest BCUT2D eigenvalue weighted by atomic mass is 10.2. The number of rotatable bonds is 8. The number of ether oxygens (including phenoxy) is 3. The number of para-hydroxylation sites is 2. The lowest BCUT2D eigenvalue weighted by molar-refractivity contribution is -0.113. The Morgan fingerprint density at radius 1 is 1.03 bits per heavy atom. The highest BCUT2D eigenvalue weighted by Gasteiger charge is 2.13. The number of carbonyl (C=O) groups excluding carboxylic acids is 1. The molecule has 1 amide bonds. The van der Waals surface area contributed by atoms with E-state index in [1.54, 1.807) is 43.6 Å². The van der Waals surface area contributed by atoms with Crippen LogP contribution in [0.2, 0.25) is 0 Å². The molecule has 0 radical (unpaired) electrons. The van der Waals surface area contributed by atoms with Crippen LogP contribution < -0.4 is 25.1 Å². The van der Waals surface area contributed by atoms with Gasteiger partial charge in [-0.3, -0.25) is 14.2 Å². The fourth-order valence-corrected chi connectivity index (χ4v) is 3.45. The summed E-state index contributed by atoms with van der Waals surface area (Å²) in [5.74, 6) is 1.38. The SMILES string of the molecule is COc1ccc(NC(=O)CSc2nccn(-c3ccccc3OC)c2=O)cc1OC. The van der Waals surface area contributed by atoms with Crippen molar-refractivity contribution in [1.29, 1.82) is 0 Å². The number of carbonyl (C=O) groups is 1. The summed E-state index contributed by atoms with van der Waals surface area (Å²) in [6.07, 6.45) is 3.08. The quantitative estimate of drug-likeness (QED) is 0.553. The lowest BCUT2D eigenvalue weighted by Gasteiger charge is -2.12. The van der Waals surface area contributed by atoms with Gasteiger partial charge in [-0.1, -0.05) is 23.9 Å². The van der Waals surface area contributed by atoms with E-state index in [-0.39, 0.29) is 22.2 Å². The third kappa shape index (κ3) is 4.74. The van der Waals surface area contributed by atoms with Gasteiger partial charge in [0.1, 0.15) is 5.75 Å². The van der Waals surface area contributed by atoms with Gasteiger partial charge in [-0.15, -0.1) is 0 Å². The van der Waals surface area contributed by atoms with Crippen molar-refractivity contribution in [2.24, 2.45) is 0 Å². The summed E-state index contributed by atoms with van der Waals surface area (Å²) in [7, 11) is 4.60. The fraction of sp³-hybridized carbons (Fsp3) is 0.190. The van der Waals surface area contributed by atoms with Gasteiger partial charge in [-0.05, 0) is 24.3 Å². The van der Waals surface area contributed by atoms with Crippen LogP contribution in [-0.4, -0.2) is 42.5 Å². The first kappa shape index (κ1) is 21.3. The Morgan fingerprint density at radius 3 is 2.50 bits per heavy atom. The second-order valence-electron chi connectivity index (χ2n) is 5.99. The molecule has 0 aliphatic carbocycles. The van der Waals surface area contributed by atoms with Crippen LogP contribution in [0.4, 0.5) is 5.69 Å². The van der Waals surface area contributed by atoms with E-state index in [2.05, 4.69) is 10.3 Å². The largest absolute Gasteiger partial charge is 0.495 e. The Labute approximate surface area is 177 Å². The molecule has 1 aromatic heterocycles. The Kier molecular flexibility index (Phi) is 6.97. The van der Waals surface area contributed by atoms with Crippen LogP contribution in [0.5, 0.6) is 17.2 Å². The van der Waals surface area contributed by atoms with Gasteiger partial charge < -0.3 is 19.5 Å². The number of nitrogens with zero attached hydrogens (tertiary/aromatic N) is 2. The predicted molar refractivity (Wildman–Crippen MR) is 115 cm³/mol. The zero-order valence-corrected chi connectivity index (χ0v) is 17.6. The number of hydrogen-bond donors (Lipinski definition) is 1. The van der Waals surface area contributed by atoms with Crippen LogP contribution in [0, 0.1) is 0 Å². The van der Waals surface area contributed by atoms with E-state index < -0.39 is 0 Å². The molecule has 30 heavy (non-hydrogen) atoms. The summed E-state index contributed by atoms with van der Waals surface area (Å²) < 4.78 is 17.2. The van der Waals surface area contributed by atoms with Crippen LogP contribution in [-0.2, 0) is 4.79 Å². The van der Waals surface area contributed by atoms with Gasteiger partial charge in [-0.25, -0.2) is 4.98 Å². The fourth-order valence-electron chi connectivity index (χ4n) is 2.76. The van der Waals surface area contributed by atoms with Crippen LogP contribution >= 0.6 is 11.8 Å². The Morgan fingerprint density at radius 2 is 1.77 bits per heavy atom. The smallest absolute Gasteiger partial charge is 0.287 e. The van der Waals surface area contributed by atoms with Gasteiger partial charge in [0.05, 0.1) is 32.8 Å². The Bertz CT molecular complexity index is 1100. The number of amides is 1. The molecule has 9 heteroatoms. The molecule has 0 spiro atoms. The predicted octanol–water partition coefficient (Wildman–Crippen LogP) is 2.99. The van der Waals surface area contributed by atoms with Gasteiger partial charge in [0, 0.05) is 24.1 Å². The summed E-state index contributed by atoms with van der Waals surface area (Å²) >= 11 is 1.06. The minimum absolute atomic E-state index is 0.0204. The maximum atomic E-state index is 12.8. The molecule has 0 saturated heterocycles. The first-order chi connectivity index (χ1) is 14.6. The third-order valence-electron chi connectivity index (χ3n) is 4.16.